The molecule has 0 aliphatic heterocycles. The lowest BCUT2D eigenvalue weighted by Gasteiger charge is -2.12. The Morgan fingerprint density at radius 2 is 1.89 bits per heavy atom. The monoisotopic (exact) mass is 323 g/mol. The van der Waals surface area contributed by atoms with Gasteiger partial charge in [-0.25, -0.2) is 4.39 Å². The largest absolute Gasteiger partial charge is 0.454 e. The first kappa shape index (κ1) is 14.0. The highest BCUT2D eigenvalue weighted by Crippen LogP contribution is 2.30. The molecule has 0 spiro atoms. The molecular formula is C15H15BrFNO. The van der Waals surface area contributed by atoms with Crippen molar-refractivity contribution in [3.63, 3.8) is 0 Å². The Bertz CT molecular complexity index is 599. The van der Waals surface area contributed by atoms with Crippen LogP contribution in [0.5, 0.6) is 11.5 Å². The van der Waals surface area contributed by atoms with E-state index in [4.69, 9.17) is 10.5 Å². The molecule has 0 saturated carbocycles. The number of rotatable bonds is 3. The Morgan fingerprint density at radius 3 is 2.53 bits per heavy atom. The summed E-state index contributed by atoms with van der Waals surface area (Å²) in [6.07, 6.45) is 0. The normalized spacial score (nSPS) is 12.3. The van der Waals surface area contributed by atoms with Gasteiger partial charge >= 0.3 is 0 Å². The smallest absolute Gasteiger partial charge is 0.166 e. The van der Waals surface area contributed by atoms with Crippen molar-refractivity contribution in [3.8, 4) is 11.5 Å². The van der Waals surface area contributed by atoms with Crippen LogP contribution in [0.1, 0.15) is 24.1 Å². The molecule has 2 rings (SSSR count). The molecule has 0 saturated heterocycles. The highest BCUT2D eigenvalue weighted by molar-refractivity contribution is 9.10. The fourth-order valence-corrected chi connectivity index (χ4v) is 2.03. The number of halogens is 2. The zero-order valence-electron chi connectivity index (χ0n) is 10.8. The minimum Gasteiger partial charge on any atom is -0.454 e. The number of hydrogen-bond acceptors (Lipinski definition) is 2. The van der Waals surface area contributed by atoms with Crippen molar-refractivity contribution < 1.29 is 9.13 Å². The average molecular weight is 324 g/mol. The molecule has 1 unspecified atom stereocenters. The van der Waals surface area contributed by atoms with E-state index in [1.807, 2.05) is 32.0 Å². The predicted octanol–water partition coefficient (Wildman–Crippen LogP) is 4.71. The fourth-order valence-electron chi connectivity index (χ4n) is 1.69. The average Bonchev–Trinajstić information content (AvgIpc) is 2.36. The maximum Gasteiger partial charge on any atom is 0.166 e. The van der Waals surface area contributed by atoms with E-state index in [2.05, 4.69) is 15.9 Å². The number of hydrogen-bond donors (Lipinski definition) is 1. The zero-order chi connectivity index (χ0) is 14.0. The van der Waals surface area contributed by atoms with Crippen LogP contribution in [0.3, 0.4) is 0 Å². The minimum atomic E-state index is -0.408. The van der Waals surface area contributed by atoms with Gasteiger partial charge in [0.15, 0.2) is 11.6 Å². The van der Waals surface area contributed by atoms with Crippen molar-refractivity contribution in [2.45, 2.75) is 19.9 Å². The van der Waals surface area contributed by atoms with Gasteiger partial charge in [-0.05, 0) is 49.2 Å². The van der Waals surface area contributed by atoms with Crippen LogP contribution in [0.2, 0.25) is 0 Å². The Labute approximate surface area is 120 Å². The summed E-state index contributed by atoms with van der Waals surface area (Å²) in [6.45, 7) is 3.73. The summed E-state index contributed by atoms with van der Waals surface area (Å²) in [5.74, 6) is 0.418. The first-order valence-corrected chi connectivity index (χ1v) is 6.75. The lowest BCUT2D eigenvalue weighted by atomic mass is 10.1. The molecular weight excluding hydrogens is 309 g/mol. The number of benzene rings is 2. The second-order valence-electron chi connectivity index (χ2n) is 4.49. The van der Waals surface area contributed by atoms with E-state index >= 15 is 0 Å². The van der Waals surface area contributed by atoms with E-state index in [0.717, 1.165) is 15.6 Å². The molecule has 0 bridgehead atoms. The maximum atomic E-state index is 13.9. The van der Waals surface area contributed by atoms with Gasteiger partial charge in [-0.2, -0.15) is 0 Å². The Hall–Kier alpha value is -1.39. The van der Waals surface area contributed by atoms with Gasteiger partial charge in [0.25, 0.3) is 0 Å². The van der Waals surface area contributed by atoms with Crippen molar-refractivity contribution in [1.29, 1.82) is 0 Å². The van der Waals surface area contributed by atoms with E-state index in [9.17, 15) is 4.39 Å². The molecule has 4 heteroatoms. The fraction of sp³-hybridized carbons (Fsp3) is 0.200. The summed E-state index contributed by atoms with van der Waals surface area (Å²) < 4.78 is 20.4. The maximum absolute atomic E-state index is 13.9. The van der Waals surface area contributed by atoms with Crippen LogP contribution in [-0.4, -0.2) is 0 Å². The second-order valence-corrected chi connectivity index (χ2v) is 5.41. The third-order valence-corrected chi connectivity index (χ3v) is 3.35. The minimum absolute atomic E-state index is 0.198. The molecule has 2 N–H and O–H groups in total. The van der Waals surface area contributed by atoms with E-state index in [1.54, 1.807) is 12.1 Å². The van der Waals surface area contributed by atoms with Gasteiger partial charge in [0, 0.05) is 10.5 Å². The second kappa shape index (κ2) is 5.72. The Balaban J connectivity index is 2.31. The van der Waals surface area contributed by atoms with Crippen LogP contribution in [0.15, 0.2) is 40.9 Å². The molecule has 0 heterocycles. The molecule has 2 nitrogen and oxygen atoms in total. The summed E-state index contributed by atoms with van der Waals surface area (Å²) in [7, 11) is 0. The van der Waals surface area contributed by atoms with Crippen molar-refractivity contribution in [1.82, 2.24) is 0 Å². The van der Waals surface area contributed by atoms with E-state index in [-0.39, 0.29) is 11.8 Å². The van der Waals surface area contributed by atoms with Crippen molar-refractivity contribution in [2.24, 2.45) is 5.73 Å². The lowest BCUT2D eigenvalue weighted by molar-refractivity contribution is 0.438. The van der Waals surface area contributed by atoms with E-state index in [0.29, 0.717) is 5.75 Å². The van der Waals surface area contributed by atoms with Crippen molar-refractivity contribution in [3.05, 3.63) is 57.8 Å². The summed E-state index contributed by atoms with van der Waals surface area (Å²) in [6, 6.07) is 10.2. The molecule has 100 valence electrons. The molecule has 0 aromatic heterocycles. The third kappa shape index (κ3) is 3.33. The predicted molar refractivity (Wildman–Crippen MR) is 78.0 cm³/mol. The van der Waals surface area contributed by atoms with Gasteiger partial charge < -0.3 is 10.5 Å². The summed E-state index contributed by atoms with van der Waals surface area (Å²) >= 11 is 3.37. The van der Waals surface area contributed by atoms with Gasteiger partial charge in [0.2, 0.25) is 0 Å². The van der Waals surface area contributed by atoms with Crippen LogP contribution in [0.25, 0.3) is 0 Å². The molecule has 0 aliphatic carbocycles. The van der Waals surface area contributed by atoms with Crippen LogP contribution < -0.4 is 10.5 Å². The number of aryl methyl sites for hydroxylation is 1. The molecule has 0 fully saturated rings. The SMILES string of the molecule is Cc1ccc(Br)cc1Oc1ccc(C(C)N)cc1F. The van der Waals surface area contributed by atoms with Gasteiger partial charge in [-0.3, -0.25) is 0 Å². The summed E-state index contributed by atoms with van der Waals surface area (Å²) in [5.41, 5.74) is 7.41. The molecule has 2 aromatic carbocycles. The quantitative estimate of drug-likeness (QED) is 0.887. The molecule has 19 heavy (non-hydrogen) atoms. The van der Waals surface area contributed by atoms with E-state index < -0.39 is 5.82 Å². The lowest BCUT2D eigenvalue weighted by Crippen LogP contribution is -2.05. The molecule has 0 radical (unpaired) electrons. The summed E-state index contributed by atoms with van der Waals surface area (Å²) in [5, 5.41) is 0. The number of nitrogens with two attached hydrogens (primary N) is 1. The van der Waals surface area contributed by atoms with Crippen LogP contribution in [0.4, 0.5) is 4.39 Å². The van der Waals surface area contributed by atoms with Crippen LogP contribution in [-0.2, 0) is 0 Å². The highest BCUT2D eigenvalue weighted by atomic mass is 79.9. The van der Waals surface area contributed by atoms with E-state index in [1.165, 1.54) is 6.07 Å². The van der Waals surface area contributed by atoms with Gasteiger partial charge in [0.05, 0.1) is 0 Å². The first-order valence-electron chi connectivity index (χ1n) is 5.96. The molecule has 2 aromatic rings. The first-order chi connectivity index (χ1) is 8.97. The van der Waals surface area contributed by atoms with Gasteiger partial charge in [0.1, 0.15) is 5.75 Å². The molecule has 0 aliphatic rings. The van der Waals surface area contributed by atoms with Gasteiger partial charge in [-0.1, -0.05) is 28.1 Å². The van der Waals surface area contributed by atoms with Crippen LogP contribution >= 0.6 is 15.9 Å². The van der Waals surface area contributed by atoms with Crippen molar-refractivity contribution >= 4 is 15.9 Å². The van der Waals surface area contributed by atoms with Crippen LogP contribution in [0, 0.1) is 12.7 Å². The topological polar surface area (TPSA) is 35.2 Å². The van der Waals surface area contributed by atoms with Gasteiger partial charge in [-0.15, -0.1) is 0 Å². The Morgan fingerprint density at radius 1 is 1.16 bits per heavy atom. The summed E-state index contributed by atoms with van der Waals surface area (Å²) in [4.78, 5) is 0. The standard InChI is InChI=1S/C15H15BrFNO/c1-9-3-5-12(16)8-15(9)19-14-6-4-11(10(2)18)7-13(14)17/h3-8,10H,18H2,1-2H3. The highest BCUT2D eigenvalue weighted by Gasteiger charge is 2.09. The zero-order valence-corrected chi connectivity index (χ0v) is 12.4. The molecule has 0 amide bonds. The number of ether oxygens (including phenoxy) is 1. The Kier molecular flexibility index (Phi) is 4.22. The molecule has 1 atom stereocenters. The third-order valence-electron chi connectivity index (χ3n) is 2.85. The van der Waals surface area contributed by atoms with Crippen molar-refractivity contribution in [2.75, 3.05) is 0 Å².